The van der Waals surface area contributed by atoms with Gasteiger partial charge in [0.15, 0.2) is 0 Å². The Bertz CT molecular complexity index is 466. The monoisotopic (exact) mass is 253 g/mol. The predicted molar refractivity (Wildman–Crippen MR) is 67.5 cm³/mol. The highest BCUT2D eigenvalue weighted by Gasteiger charge is 2.22. The van der Waals surface area contributed by atoms with E-state index < -0.39 is 5.63 Å². The molecule has 0 fully saturated rings. The first kappa shape index (κ1) is 14.3. The maximum absolute atomic E-state index is 11.4. The summed E-state index contributed by atoms with van der Waals surface area (Å²) in [5.41, 5.74) is -0.483. The number of carbonyl (C=O) groups is 1. The van der Waals surface area contributed by atoms with Crippen LogP contribution in [-0.4, -0.2) is 13.0 Å². The molecule has 0 aliphatic rings. The van der Waals surface area contributed by atoms with Crippen LogP contribution >= 0.6 is 0 Å². The standard InChI is InChI=1S/C13H19NO4/c1-5-8(2)13(14-9(3)15)11-6-10(17-4)7-12(16)18-11/h6-8,13H,5H2,1-4H3,(H,14,15)/t8-,13-/m0/s1. The minimum atomic E-state index is -0.483. The number of methoxy groups -OCH3 is 1. The molecule has 0 spiro atoms. The molecule has 0 bridgehead atoms. The van der Waals surface area contributed by atoms with Crippen molar-refractivity contribution < 1.29 is 13.9 Å². The van der Waals surface area contributed by atoms with Gasteiger partial charge in [-0.15, -0.1) is 0 Å². The van der Waals surface area contributed by atoms with Crippen molar-refractivity contribution in [1.29, 1.82) is 0 Å². The van der Waals surface area contributed by atoms with Crippen LogP contribution in [0.4, 0.5) is 0 Å². The summed E-state index contributed by atoms with van der Waals surface area (Å²) in [5, 5.41) is 2.80. The maximum atomic E-state index is 11.4. The molecule has 1 rings (SSSR count). The third-order valence-corrected chi connectivity index (χ3v) is 2.88. The van der Waals surface area contributed by atoms with Crippen LogP contribution in [0.25, 0.3) is 0 Å². The van der Waals surface area contributed by atoms with E-state index in [2.05, 4.69) is 5.32 Å². The number of nitrogens with one attached hydrogen (secondary N) is 1. The predicted octanol–water partition coefficient (Wildman–Crippen LogP) is 1.87. The summed E-state index contributed by atoms with van der Waals surface area (Å²) < 4.78 is 10.2. The van der Waals surface area contributed by atoms with E-state index in [1.165, 1.54) is 20.1 Å². The van der Waals surface area contributed by atoms with Crippen LogP contribution < -0.4 is 15.7 Å². The summed E-state index contributed by atoms with van der Waals surface area (Å²) in [6.45, 7) is 5.44. The van der Waals surface area contributed by atoms with Gasteiger partial charge in [-0.25, -0.2) is 4.79 Å². The molecule has 0 radical (unpaired) electrons. The molecule has 5 nitrogen and oxygen atoms in total. The first-order chi connectivity index (χ1) is 8.47. The second-order valence-corrected chi connectivity index (χ2v) is 4.28. The van der Waals surface area contributed by atoms with Crippen molar-refractivity contribution in [3.8, 4) is 5.75 Å². The Morgan fingerprint density at radius 2 is 2.17 bits per heavy atom. The minimum absolute atomic E-state index is 0.157. The highest BCUT2D eigenvalue weighted by Crippen LogP contribution is 2.25. The van der Waals surface area contributed by atoms with E-state index in [-0.39, 0.29) is 17.9 Å². The van der Waals surface area contributed by atoms with Gasteiger partial charge in [-0.1, -0.05) is 20.3 Å². The molecule has 0 aliphatic carbocycles. The fraction of sp³-hybridized carbons (Fsp3) is 0.538. The second kappa shape index (κ2) is 6.23. The zero-order chi connectivity index (χ0) is 13.7. The lowest BCUT2D eigenvalue weighted by Gasteiger charge is -2.22. The van der Waals surface area contributed by atoms with Crippen LogP contribution in [0.3, 0.4) is 0 Å². The average molecular weight is 253 g/mol. The van der Waals surface area contributed by atoms with Crippen LogP contribution in [0, 0.1) is 5.92 Å². The lowest BCUT2D eigenvalue weighted by atomic mass is 9.96. The Balaban J connectivity index is 3.15. The molecule has 1 amide bonds. The van der Waals surface area contributed by atoms with Crippen LogP contribution in [0.5, 0.6) is 5.75 Å². The summed E-state index contributed by atoms with van der Waals surface area (Å²) in [7, 11) is 1.48. The smallest absolute Gasteiger partial charge is 0.339 e. The number of amides is 1. The van der Waals surface area contributed by atoms with Gasteiger partial charge in [0.05, 0.1) is 19.2 Å². The number of rotatable bonds is 5. The molecule has 18 heavy (non-hydrogen) atoms. The van der Waals surface area contributed by atoms with Crippen LogP contribution in [0.15, 0.2) is 21.3 Å². The van der Waals surface area contributed by atoms with Gasteiger partial charge in [-0.3, -0.25) is 4.79 Å². The fourth-order valence-corrected chi connectivity index (χ4v) is 1.69. The summed E-state index contributed by atoms with van der Waals surface area (Å²) in [5.74, 6) is 0.846. The van der Waals surface area contributed by atoms with Gasteiger partial charge in [-0.2, -0.15) is 0 Å². The van der Waals surface area contributed by atoms with Gasteiger partial charge in [0.25, 0.3) is 0 Å². The van der Waals surface area contributed by atoms with Gasteiger partial charge >= 0.3 is 5.63 Å². The maximum Gasteiger partial charge on any atom is 0.339 e. The molecule has 100 valence electrons. The molecular weight excluding hydrogens is 234 g/mol. The molecule has 5 heteroatoms. The van der Waals surface area contributed by atoms with Gasteiger partial charge in [0.1, 0.15) is 11.5 Å². The first-order valence-corrected chi connectivity index (χ1v) is 5.94. The third-order valence-electron chi connectivity index (χ3n) is 2.88. The van der Waals surface area contributed by atoms with Crippen molar-refractivity contribution in [3.63, 3.8) is 0 Å². The van der Waals surface area contributed by atoms with E-state index >= 15 is 0 Å². The largest absolute Gasteiger partial charge is 0.496 e. The summed E-state index contributed by atoms with van der Waals surface area (Å²) >= 11 is 0. The van der Waals surface area contributed by atoms with Crippen molar-refractivity contribution in [1.82, 2.24) is 5.32 Å². The number of hydrogen-bond donors (Lipinski definition) is 1. The molecule has 1 aromatic heterocycles. The van der Waals surface area contributed by atoms with Gasteiger partial charge in [-0.05, 0) is 5.92 Å². The zero-order valence-corrected chi connectivity index (χ0v) is 11.1. The molecule has 0 aliphatic heterocycles. The van der Waals surface area contributed by atoms with Crippen LogP contribution in [0.2, 0.25) is 0 Å². The lowest BCUT2D eigenvalue weighted by molar-refractivity contribution is -0.120. The van der Waals surface area contributed by atoms with Gasteiger partial charge in [0.2, 0.25) is 5.91 Å². The summed E-state index contributed by atoms with van der Waals surface area (Å²) in [6.07, 6.45) is 0.853. The average Bonchev–Trinajstić information content (AvgIpc) is 2.33. The highest BCUT2D eigenvalue weighted by molar-refractivity contribution is 5.73. The Morgan fingerprint density at radius 3 is 2.67 bits per heavy atom. The highest BCUT2D eigenvalue weighted by atomic mass is 16.5. The quantitative estimate of drug-likeness (QED) is 0.869. The fourth-order valence-electron chi connectivity index (χ4n) is 1.69. The van der Waals surface area contributed by atoms with E-state index in [1.54, 1.807) is 6.07 Å². The molecule has 0 saturated heterocycles. The summed E-state index contributed by atoms with van der Waals surface area (Å²) in [6, 6.07) is 2.58. The minimum Gasteiger partial charge on any atom is -0.496 e. The topological polar surface area (TPSA) is 68.5 Å². The Kier molecular flexibility index (Phi) is 4.95. The van der Waals surface area contributed by atoms with Crippen LogP contribution in [-0.2, 0) is 4.79 Å². The molecule has 2 atom stereocenters. The molecule has 1 aromatic rings. The van der Waals surface area contributed by atoms with Crippen molar-refractivity contribution in [2.45, 2.75) is 33.2 Å². The Labute approximate surface area is 106 Å². The Morgan fingerprint density at radius 1 is 1.50 bits per heavy atom. The molecular formula is C13H19NO4. The molecule has 0 saturated carbocycles. The van der Waals surface area contributed by atoms with Gasteiger partial charge in [0, 0.05) is 13.0 Å². The van der Waals surface area contributed by atoms with Crippen molar-refractivity contribution in [2.75, 3.05) is 7.11 Å². The molecule has 0 unspecified atom stereocenters. The van der Waals surface area contributed by atoms with E-state index in [0.29, 0.717) is 11.5 Å². The van der Waals surface area contributed by atoms with Gasteiger partial charge < -0.3 is 14.5 Å². The van der Waals surface area contributed by atoms with Crippen molar-refractivity contribution in [3.05, 3.63) is 28.3 Å². The zero-order valence-electron chi connectivity index (χ0n) is 11.1. The van der Waals surface area contributed by atoms with E-state index in [9.17, 15) is 9.59 Å². The molecule has 1 N–H and O–H groups in total. The molecule has 1 heterocycles. The normalized spacial score (nSPS) is 13.8. The number of ether oxygens (including phenoxy) is 1. The lowest BCUT2D eigenvalue weighted by Crippen LogP contribution is -2.31. The Hall–Kier alpha value is -1.78. The third kappa shape index (κ3) is 3.61. The van der Waals surface area contributed by atoms with Crippen molar-refractivity contribution in [2.24, 2.45) is 5.92 Å². The second-order valence-electron chi connectivity index (χ2n) is 4.28. The molecule has 0 aromatic carbocycles. The van der Waals surface area contributed by atoms with E-state index in [4.69, 9.17) is 9.15 Å². The first-order valence-electron chi connectivity index (χ1n) is 5.94. The van der Waals surface area contributed by atoms with E-state index in [0.717, 1.165) is 6.42 Å². The SMILES string of the molecule is CC[C@H](C)[C@H](NC(C)=O)c1cc(OC)cc(=O)o1. The summed E-state index contributed by atoms with van der Waals surface area (Å²) in [4.78, 5) is 22.6. The van der Waals surface area contributed by atoms with Crippen LogP contribution in [0.1, 0.15) is 39.0 Å². The van der Waals surface area contributed by atoms with E-state index in [1.807, 2.05) is 13.8 Å². The number of hydrogen-bond acceptors (Lipinski definition) is 4. The van der Waals surface area contributed by atoms with Crippen molar-refractivity contribution >= 4 is 5.91 Å². The number of carbonyl (C=O) groups excluding carboxylic acids is 1.